The number of aryl methyl sites for hydroxylation is 1. The zero-order valence-corrected chi connectivity index (χ0v) is 12.1. The molecule has 2 heterocycles. The molecule has 2 aromatic rings. The molecule has 2 aromatic heterocycles. The minimum atomic E-state index is 0.218. The third-order valence-corrected chi connectivity index (χ3v) is 3.41. The molecule has 5 nitrogen and oxygen atoms in total. The average Bonchev–Trinajstić information content (AvgIpc) is 2.85. The molecule has 0 aliphatic carbocycles. The van der Waals surface area contributed by atoms with Crippen molar-refractivity contribution in [1.82, 2.24) is 20.1 Å². The number of aliphatic hydroxyl groups is 1. The molecule has 5 heteroatoms. The number of nitrogens with zero attached hydrogens (tertiary/aromatic N) is 3. The molecule has 108 valence electrons. The Kier molecular flexibility index (Phi) is 5.26. The minimum absolute atomic E-state index is 0.218. The van der Waals surface area contributed by atoms with Crippen molar-refractivity contribution in [1.29, 1.82) is 0 Å². The van der Waals surface area contributed by atoms with Crippen LogP contribution in [-0.4, -0.2) is 32.5 Å². The van der Waals surface area contributed by atoms with E-state index in [1.807, 2.05) is 30.1 Å². The quantitative estimate of drug-likeness (QED) is 0.807. The van der Waals surface area contributed by atoms with Crippen LogP contribution in [0.3, 0.4) is 0 Å². The normalized spacial score (nSPS) is 12.6. The first kappa shape index (κ1) is 14.7. The Morgan fingerprint density at radius 2 is 2.10 bits per heavy atom. The van der Waals surface area contributed by atoms with Gasteiger partial charge in [-0.05, 0) is 25.0 Å². The zero-order valence-electron chi connectivity index (χ0n) is 12.1. The van der Waals surface area contributed by atoms with Gasteiger partial charge < -0.3 is 10.4 Å². The second-order valence-electron chi connectivity index (χ2n) is 4.91. The first-order chi connectivity index (χ1) is 9.74. The van der Waals surface area contributed by atoms with Crippen LogP contribution in [0.1, 0.15) is 25.3 Å². The maximum atomic E-state index is 9.04. The first-order valence-electron chi connectivity index (χ1n) is 7.01. The van der Waals surface area contributed by atoms with Crippen molar-refractivity contribution in [3.63, 3.8) is 0 Å². The Morgan fingerprint density at radius 3 is 2.75 bits per heavy atom. The summed E-state index contributed by atoms with van der Waals surface area (Å²) in [6.45, 7) is 3.10. The van der Waals surface area contributed by atoms with Crippen LogP contribution in [-0.2, 0) is 13.6 Å². The second kappa shape index (κ2) is 7.17. The fourth-order valence-corrected chi connectivity index (χ4v) is 2.28. The third kappa shape index (κ3) is 3.65. The molecule has 0 radical (unpaired) electrons. The van der Waals surface area contributed by atoms with E-state index in [2.05, 4.69) is 22.3 Å². The van der Waals surface area contributed by atoms with Gasteiger partial charge in [0.05, 0.1) is 5.69 Å². The molecule has 20 heavy (non-hydrogen) atoms. The van der Waals surface area contributed by atoms with E-state index in [1.165, 1.54) is 0 Å². The van der Waals surface area contributed by atoms with Crippen molar-refractivity contribution in [2.24, 2.45) is 7.05 Å². The van der Waals surface area contributed by atoms with Gasteiger partial charge in [-0.15, -0.1) is 0 Å². The summed E-state index contributed by atoms with van der Waals surface area (Å²) in [5.74, 6) is 0. The third-order valence-electron chi connectivity index (χ3n) is 3.41. The van der Waals surface area contributed by atoms with Crippen molar-refractivity contribution in [3.05, 3.63) is 36.3 Å². The van der Waals surface area contributed by atoms with Gasteiger partial charge in [0.25, 0.3) is 0 Å². The molecule has 0 aromatic carbocycles. The van der Waals surface area contributed by atoms with Crippen molar-refractivity contribution < 1.29 is 5.11 Å². The highest BCUT2D eigenvalue weighted by molar-refractivity contribution is 5.61. The molecule has 0 saturated carbocycles. The lowest BCUT2D eigenvalue weighted by molar-refractivity contribution is 0.262. The van der Waals surface area contributed by atoms with Crippen LogP contribution in [0, 0.1) is 0 Å². The monoisotopic (exact) mass is 274 g/mol. The lowest BCUT2D eigenvalue weighted by Crippen LogP contribution is -2.28. The lowest BCUT2D eigenvalue weighted by Gasteiger charge is -2.15. The summed E-state index contributed by atoms with van der Waals surface area (Å²) >= 11 is 0. The molecule has 2 N–H and O–H groups in total. The standard InChI is InChI=1S/C15H22N4O/c1-3-14(6-9-20)17-10-13-11-19(2)18-15(13)12-4-7-16-8-5-12/h4-5,7-8,11,14,17,20H,3,6,9-10H2,1-2H3. The largest absolute Gasteiger partial charge is 0.396 e. The first-order valence-corrected chi connectivity index (χ1v) is 7.01. The number of pyridine rings is 1. The van der Waals surface area contributed by atoms with Gasteiger partial charge in [-0.3, -0.25) is 9.67 Å². The molecule has 0 aliphatic rings. The van der Waals surface area contributed by atoms with Crippen LogP contribution in [0.15, 0.2) is 30.7 Å². The molecule has 2 rings (SSSR count). The highest BCUT2D eigenvalue weighted by atomic mass is 16.3. The number of rotatable bonds is 7. The van der Waals surface area contributed by atoms with Crippen LogP contribution >= 0.6 is 0 Å². The second-order valence-corrected chi connectivity index (χ2v) is 4.91. The molecule has 1 atom stereocenters. The van der Waals surface area contributed by atoms with E-state index in [0.717, 1.165) is 36.2 Å². The van der Waals surface area contributed by atoms with Gasteiger partial charge in [0.1, 0.15) is 0 Å². The Hall–Kier alpha value is -1.72. The number of nitrogens with one attached hydrogen (secondary N) is 1. The highest BCUT2D eigenvalue weighted by Gasteiger charge is 2.12. The number of aromatic nitrogens is 3. The van der Waals surface area contributed by atoms with E-state index in [4.69, 9.17) is 5.11 Å². The van der Waals surface area contributed by atoms with E-state index >= 15 is 0 Å². The van der Waals surface area contributed by atoms with E-state index < -0.39 is 0 Å². The van der Waals surface area contributed by atoms with E-state index in [9.17, 15) is 0 Å². The van der Waals surface area contributed by atoms with Crippen molar-refractivity contribution in [2.75, 3.05) is 6.61 Å². The topological polar surface area (TPSA) is 63.0 Å². The number of hydrogen-bond acceptors (Lipinski definition) is 4. The predicted molar refractivity (Wildman–Crippen MR) is 79.1 cm³/mol. The van der Waals surface area contributed by atoms with Gasteiger partial charge >= 0.3 is 0 Å². The predicted octanol–water partition coefficient (Wildman–Crippen LogP) is 1.73. The average molecular weight is 274 g/mol. The van der Waals surface area contributed by atoms with Crippen molar-refractivity contribution in [3.8, 4) is 11.3 Å². The lowest BCUT2D eigenvalue weighted by atomic mass is 10.1. The van der Waals surface area contributed by atoms with Crippen LogP contribution in [0.5, 0.6) is 0 Å². The molecule has 0 amide bonds. The molecule has 0 aliphatic heterocycles. The van der Waals surface area contributed by atoms with Gasteiger partial charge in [0, 0.05) is 56.0 Å². The molecule has 1 unspecified atom stereocenters. The van der Waals surface area contributed by atoms with Crippen molar-refractivity contribution >= 4 is 0 Å². The van der Waals surface area contributed by atoms with Gasteiger partial charge in [-0.1, -0.05) is 6.92 Å². The molecular formula is C15H22N4O. The van der Waals surface area contributed by atoms with Gasteiger partial charge in [0.15, 0.2) is 0 Å². The number of hydrogen-bond donors (Lipinski definition) is 2. The smallest absolute Gasteiger partial charge is 0.0969 e. The van der Waals surface area contributed by atoms with Gasteiger partial charge in [-0.2, -0.15) is 5.10 Å². The molecule has 0 fully saturated rings. The Morgan fingerprint density at radius 1 is 1.35 bits per heavy atom. The van der Waals surface area contributed by atoms with Crippen LogP contribution in [0.4, 0.5) is 0 Å². The summed E-state index contributed by atoms with van der Waals surface area (Å²) in [7, 11) is 1.93. The Labute approximate surface area is 119 Å². The SMILES string of the molecule is CCC(CCO)NCc1cn(C)nc1-c1ccncc1. The summed E-state index contributed by atoms with van der Waals surface area (Å²) in [4.78, 5) is 4.04. The van der Waals surface area contributed by atoms with Crippen LogP contribution in [0.25, 0.3) is 11.3 Å². The Balaban J connectivity index is 2.12. The maximum Gasteiger partial charge on any atom is 0.0969 e. The van der Waals surface area contributed by atoms with Gasteiger partial charge in [0.2, 0.25) is 0 Å². The fourth-order valence-electron chi connectivity index (χ4n) is 2.28. The summed E-state index contributed by atoms with van der Waals surface area (Å²) in [5, 5.41) is 17.0. The fraction of sp³-hybridized carbons (Fsp3) is 0.467. The summed E-state index contributed by atoms with van der Waals surface area (Å²) in [6, 6.07) is 4.28. The molecular weight excluding hydrogens is 252 g/mol. The molecule has 0 saturated heterocycles. The summed E-state index contributed by atoms with van der Waals surface area (Å²) in [5.41, 5.74) is 3.23. The highest BCUT2D eigenvalue weighted by Crippen LogP contribution is 2.21. The zero-order chi connectivity index (χ0) is 14.4. The van der Waals surface area contributed by atoms with E-state index in [1.54, 1.807) is 12.4 Å². The molecule has 0 bridgehead atoms. The van der Waals surface area contributed by atoms with Gasteiger partial charge in [-0.25, -0.2) is 0 Å². The maximum absolute atomic E-state index is 9.04. The van der Waals surface area contributed by atoms with Crippen LogP contribution < -0.4 is 5.32 Å². The molecule has 0 spiro atoms. The van der Waals surface area contributed by atoms with Crippen LogP contribution in [0.2, 0.25) is 0 Å². The number of aliphatic hydroxyl groups excluding tert-OH is 1. The summed E-state index contributed by atoms with van der Waals surface area (Å²) in [6.07, 6.45) is 7.38. The summed E-state index contributed by atoms with van der Waals surface area (Å²) < 4.78 is 1.83. The Bertz CT molecular complexity index is 524. The van der Waals surface area contributed by atoms with E-state index in [-0.39, 0.29) is 6.61 Å². The van der Waals surface area contributed by atoms with E-state index in [0.29, 0.717) is 6.04 Å². The minimum Gasteiger partial charge on any atom is -0.396 e. The van der Waals surface area contributed by atoms with Crippen molar-refractivity contribution in [2.45, 2.75) is 32.4 Å².